The van der Waals surface area contributed by atoms with Gasteiger partial charge < -0.3 is 0 Å². The van der Waals surface area contributed by atoms with E-state index in [1.54, 1.807) is 18.2 Å². The Balaban J connectivity index is 2.23. The summed E-state index contributed by atoms with van der Waals surface area (Å²) < 4.78 is 25.4. The summed E-state index contributed by atoms with van der Waals surface area (Å²) in [6.07, 6.45) is 1.62. The van der Waals surface area contributed by atoms with Crippen LogP contribution < -0.4 is 0 Å². The molecule has 4 nitrogen and oxygen atoms in total. The minimum Gasteiger partial charge on any atom is -0.268 e. The molecular weight excluding hydrogens is 250 g/mol. The number of benzene rings is 1. The lowest BCUT2D eigenvalue weighted by Crippen LogP contribution is -2.31. The number of nitrogens with zero attached hydrogens (tertiary/aromatic N) is 1. The quantitative estimate of drug-likeness (QED) is 0.841. The van der Waals surface area contributed by atoms with E-state index in [0.29, 0.717) is 17.9 Å². The maximum atomic E-state index is 12.2. The van der Waals surface area contributed by atoms with Crippen molar-refractivity contribution in [2.24, 2.45) is 5.92 Å². The van der Waals surface area contributed by atoms with Crippen molar-refractivity contribution in [1.29, 1.82) is 0 Å². The fourth-order valence-electron chi connectivity index (χ4n) is 2.10. The Hall–Kier alpha value is -1.36. The maximum absolute atomic E-state index is 12.2. The van der Waals surface area contributed by atoms with Crippen molar-refractivity contribution < 1.29 is 13.2 Å². The van der Waals surface area contributed by atoms with Crippen LogP contribution in [-0.4, -0.2) is 25.2 Å². The number of sulfonamides is 1. The SMILES string of the molecule is CC(C)CCCN1C(=O)c2ccccc2S1(=O)=O. The molecule has 0 aliphatic carbocycles. The molecule has 18 heavy (non-hydrogen) atoms. The topological polar surface area (TPSA) is 54.5 Å². The second-order valence-corrected chi connectivity index (χ2v) is 6.75. The molecule has 1 heterocycles. The molecule has 0 spiro atoms. The normalized spacial score (nSPS) is 17.3. The van der Waals surface area contributed by atoms with E-state index < -0.39 is 15.9 Å². The molecule has 0 saturated carbocycles. The summed E-state index contributed by atoms with van der Waals surface area (Å²) in [7, 11) is -3.61. The summed E-state index contributed by atoms with van der Waals surface area (Å²) in [5, 5.41) is 0. The molecule has 0 aromatic heterocycles. The first-order chi connectivity index (χ1) is 8.44. The van der Waals surface area contributed by atoms with Crippen LogP contribution in [0.4, 0.5) is 0 Å². The van der Waals surface area contributed by atoms with E-state index in [-0.39, 0.29) is 11.4 Å². The zero-order valence-electron chi connectivity index (χ0n) is 10.6. The monoisotopic (exact) mass is 267 g/mol. The fraction of sp³-hybridized carbons (Fsp3) is 0.462. The van der Waals surface area contributed by atoms with Gasteiger partial charge in [0.2, 0.25) is 0 Å². The van der Waals surface area contributed by atoms with Gasteiger partial charge in [-0.1, -0.05) is 26.0 Å². The van der Waals surface area contributed by atoms with Gasteiger partial charge in [-0.05, 0) is 30.9 Å². The van der Waals surface area contributed by atoms with Crippen LogP contribution >= 0.6 is 0 Å². The molecule has 0 N–H and O–H groups in total. The number of hydrogen-bond acceptors (Lipinski definition) is 3. The van der Waals surface area contributed by atoms with E-state index in [1.807, 2.05) is 0 Å². The molecule has 0 saturated heterocycles. The molecule has 0 atom stereocenters. The van der Waals surface area contributed by atoms with Gasteiger partial charge in [-0.15, -0.1) is 0 Å². The predicted octanol–water partition coefficient (Wildman–Crippen LogP) is 2.27. The third-order valence-electron chi connectivity index (χ3n) is 3.05. The Kier molecular flexibility index (Phi) is 3.43. The van der Waals surface area contributed by atoms with Gasteiger partial charge in [0.05, 0.1) is 5.56 Å². The summed E-state index contributed by atoms with van der Waals surface area (Å²) in [5.41, 5.74) is 0.294. The van der Waals surface area contributed by atoms with Gasteiger partial charge in [-0.25, -0.2) is 12.7 Å². The summed E-state index contributed by atoms with van der Waals surface area (Å²) >= 11 is 0. The van der Waals surface area contributed by atoms with Crippen molar-refractivity contribution >= 4 is 15.9 Å². The Morgan fingerprint density at radius 1 is 1.22 bits per heavy atom. The van der Waals surface area contributed by atoms with Gasteiger partial charge >= 0.3 is 0 Å². The zero-order valence-corrected chi connectivity index (χ0v) is 11.4. The van der Waals surface area contributed by atoms with Crippen LogP contribution in [0.25, 0.3) is 0 Å². The van der Waals surface area contributed by atoms with Crippen LogP contribution in [0.3, 0.4) is 0 Å². The van der Waals surface area contributed by atoms with Crippen molar-refractivity contribution in [3.63, 3.8) is 0 Å². The lowest BCUT2D eigenvalue weighted by atomic mass is 10.1. The second kappa shape index (κ2) is 4.72. The van der Waals surface area contributed by atoms with Crippen LogP contribution in [0.5, 0.6) is 0 Å². The Bertz CT molecular complexity index is 563. The Morgan fingerprint density at radius 2 is 1.89 bits per heavy atom. The average molecular weight is 267 g/mol. The molecular formula is C13H17NO3S. The van der Waals surface area contributed by atoms with E-state index in [4.69, 9.17) is 0 Å². The molecule has 98 valence electrons. The molecule has 1 aromatic carbocycles. The maximum Gasteiger partial charge on any atom is 0.269 e. The summed E-state index contributed by atoms with van der Waals surface area (Å²) in [6, 6.07) is 6.38. The number of fused-ring (bicyclic) bond motifs is 1. The molecule has 0 unspecified atom stereocenters. The first-order valence-corrected chi connectivity index (χ1v) is 7.54. The molecule has 1 aliphatic rings. The number of rotatable bonds is 4. The lowest BCUT2D eigenvalue weighted by molar-refractivity contribution is 0.0868. The summed E-state index contributed by atoms with van der Waals surface area (Å²) in [5.74, 6) is 0.113. The van der Waals surface area contributed by atoms with E-state index in [0.717, 1.165) is 10.7 Å². The van der Waals surface area contributed by atoms with Crippen molar-refractivity contribution in [2.75, 3.05) is 6.54 Å². The van der Waals surface area contributed by atoms with Gasteiger partial charge in [-0.3, -0.25) is 4.79 Å². The van der Waals surface area contributed by atoms with Crippen molar-refractivity contribution in [1.82, 2.24) is 4.31 Å². The van der Waals surface area contributed by atoms with Crippen molar-refractivity contribution in [3.05, 3.63) is 29.8 Å². The molecule has 1 amide bonds. The first kappa shape index (κ1) is 13.1. The largest absolute Gasteiger partial charge is 0.269 e. The van der Waals surface area contributed by atoms with Crippen LogP contribution in [0.15, 0.2) is 29.2 Å². The van der Waals surface area contributed by atoms with Crippen LogP contribution in [0, 0.1) is 5.92 Å². The number of carbonyl (C=O) groups is 1. The smallest absolute Gasteiger partial charge is 0.268 e. The van der Waals surface area contributed by atoms with Crippen molar-refractivity contribution in [2.45, 2.75) is 31.6 Å². The second-order valence-electron chi connectivity index (χ2n) is 4.91. The van der Waals surface area contributed by atoms with Crippen LogP contribution in [0.2, 0.25) is 0 Å². The van der Waals surface area contributed by atoms with Crippen LogP contribution in [0.1, 0.15) is 37.0 Å². The molecule has 2 rings (SSSR count). The van der Waals surface area contributed by atoms with E-state index in [9.17, 15) is 13.2 Å². The highest BCUT2D eigenvalue weighted by molar-refractivity contribution is 7.90. The first-order valence-electron chi connectivity index (χ1n) is 6.10. The highest BCUT2D eigenvalue weighted by Crippen LogP contribution is 2.30. The molecule has 0 bridgehead atoms. The molecule has 1 aromatic rings. The fourth-order valence-corrected chi connectivity index (χ4v) is 3.70. The highest BCUT2D eigenvalue weighted by Gasteiger charge is 2.40. The minimum atomic E-state index is -3.61. The van der Waals surface area contributed by atoms with E-state index in [2.05, 4.69) is 13.8 Å². The standard InChI is InChI=1S/C13H17NO3S/c1-10(2)6-5-9-14-13(15)11-7-3-4-8-12(11)18(14,16)17/h3-4,7-8,10H,5-6,9H2,1-2H3. The number of carbonyl (C=O) groups excluding carboxylic acids is 1. The van der Waals surface area contributed by atoms with E-state index in [1.165, 1.54) is 6.07 Å². The Morgan fingerprint density at radius 3 is 2.50 bits per heavy atom. The highest BCUT2D eigenvalue weighted by atomic mass is 32.2. The van der Waals surface area contributed by atoms with E-state index >= 15 is 0 Å². The molecule has 5 heteroatoms. The predicted molar refractivity (Wildman–Crippen MR) is 68.7 cm³/mol. The van der Waals surface area contributed by atoms with Gasteiger partial charge in [0, 0.05) is 6.54 Å². The summed E-state index contributed by atoms with van der Waals surface area (Å²) in [4.78, 5) is 12.2. The van der Waals surface area contributed by atoms with Crippen LogP contribution in [-0.2, 0) is 10.0 Å². The number of hydrogen-bond donors (Lipinski definition) is 0. The lowest BCUT2D eigenvalue weighted by Gasteiger charge is -2.15. The zero-order chi connectivity index (χ0) is 13.3. The number of amides is 1. The molecule has 1 aliphatic heterocycles. The minimum absolute atomic E-state index is 0.138. The molecule has 0 fully saturated rings. The third-order valence-corrected chi connectivity index (χ3v) is 4.90. The van der Waals surface area contributed by atoms with Gasteiger partial charge in [-0.2, -0.15) is 0 Å². The summed E-state index contributed by atoms with van der Waals surface area (Å²) in [6.45, 7) is 4.43. The van der Waals surface area contributed by atoms with Gasteiger partial charge in [0.1, 0.15) is 4.90 Å². The van der Waals surface area contributed by atoms with Crippen molar-refractivity contribution in [3.8, 4) is 0 Å². The third kappa shape index (κ3) is 2.14. The van der Waals surface area contributed by atoms with Gasteiger partial charge in [0.25, 0.3) is 15.9 Å². The average Bonchev–Trinajstić information content (AvgIpc) is 2.50. The van der Waals surface area contributed by atoms with Gasteiger partial charge in [0.15, 0.2) is 0 Å². The Labute approximate surface area is 108 Å². The molecule has 0 radical (unpaired) electrons.